The van der Waals surface area contributed by atoms with Gasteiger partial charge >= 0.3 is 0 Å². The summed E-state index contributed by atoms with van der Waals surface area (Å²) < 4.78 is 6.57. The maximum Gasteiger partial charge on any atom is 0.137 e. The van der Waals surface area contributed by atoms with Crippen molar-refractivity contribution in [3.63, 3.8) is 0 Å². The number of hydrogen-bond acceptors (Lipinski definition) is 3. The number of rotatable bonds is 6. The minimum atomic E-state index is -0.609. The molecule has 0 saturated carbocycles. The minimum absolute atomic E-state index is 0.609. The maximum atomic E-state index is 6.57. The largest absolute Gasteiger partial charge is 0.456 e. The molecule has 0 fully saturated rings. The molecule has 0 aliphatic heterocycles. The Labute approximate surface area is 360 Å². The average molecular weight is 791 g/mol. The van der Waals surface area contributed by atoms with Gasteiger partial charge in [-0.05, 0) is 105 Å². The van der Waals surface area contributed by atoms with E-state index in [4.69, 9.17) is 4.42 Å². The number of fused-ring (bicyclic) bond motifs is 14. The van der Waals surface area contributed by atoms with Crippen LogP contribution in [0.5, 0.6) is 0 Å². The van der Waals surface area contributed by atoms with E-state index in [1.54, 1.807) is 0 Å². The number of anilines is 6. The zero-order valence-corrected chi connectivity index (χ0v) is 33.7. The van der Waals surface area contributed by atoms with Gasteiger partial charge in [-0.1, -0.05) is 164 Å². The summed E-state index contributed by atoms with van der Waals surface area (Å²) in [4.78, 5) is 4.93. The van der Waals surface area contributed by atoms with Crippen molar-refractivity contribution in [2.75, 3.05) is 9.80 Å². The Morgan fingerprint density at radius 2 is 0.839 bits per heavy atom. The van der Waals surface area contributed by atoms with Gasteiger partial charge in [0, 0.05) is 39.0 Å². The molecule has 10 aromatic carbocycles. The summed E-state index contributed by atoms with van der Waals surface area (Å²) in [7, 11) is 0. The van der Waals surface area contributed by atoms with Crippen molar-refractivity contribution in [2.24, 2.45) is 0 Å². The fourth-order valence-electron chi connectivity index (χ4n) is 10.9. The van der Waals surface area contributed by atoms with Crippen LogP contribution < -0.4 is 9.80 Å². The van der Waals surface area contributed by atoms with E-state index < -0.39 is 5.41 Å². The summed E-state index contributed by atoms with van der Waals surface area (Å²) in [6.07, 6.45) is 0. The van der Waals surface area contributed by atoms with Gasteiger partial charge in [0.2, 0.25) is 0 Å². The normalized spacial score (nSPS) is 14.5. The number of benzene rings is 10. The maximum absolute atomic E-state index is 6.57. The molecule has 0 amide bonds. The molecule has 1 spiro atoms. The third-order valence-corrected chi connectivity index (χ3v) is 13.2. The topological polar surface area (TPSA) is 19.6 Å². The fraction of sp³-hybridized carbons (Fsp3) is 0.0169. The molecule has 290 valence electrons. The predicted molar refractivity (Wildman–Crippen MR) is 257 cm³/mol. The van der Waals surface area contributed by atoms with Gasteiger partial charge < -0.3 is 14.2 Å². The van der Waals surface area contributed by atoms with E-state index >= 15 is 0 Å². The third kappa shape index (κ3) is 4.76. The highest BCUT2D eigenvalue weighted by molar-refractivity contribution is 6.18. The first kappa shape index (κ1) is 34.7. The van der Waals surface area contributed by atoms with Crippen LogP contribution in [0.2, 0.25) is 0 Å². The van der Waals surface area contributed by atoms with Crippen molar-refractivity contribution in [2.45, 2.75) is 5.41 Å². The van der Waals surface area contributed by atoms with Crippen molar-refractivity contribution in [1.29, 1.82) is 0 Å². The lowest BCUT2D eigenvalue weighted by Gasteiger charge is -2.33. The molecule has 0 radical (unpaired) electrons. The van der Waals surface area contributed by atoms with Crippen LogP contribution in [0.25, 0.3) is 55.0 Å². The van der Waals surface area contributed by atoms with E-state index in [0.29, 0.717) is 0 Å². The van der Waals surface area contributed by atoms with E-state index in [1.165, 1.54) is 55.3 Å². The van der Waals surface area contributed by atoms with Crippen LogP contribution in [0.1, 0.15) is 22.3 Å². The number of para-hydroxylation sites is 4. The zero-order valence-electron chi connectivity index (χ0n) is 33.7. The van der Waals surface area contributed by atoms with E-state index in [9.17, 15) is 0 Å². The molecule has 2 aliphatic carbocycles. The molecule has 3 nitrogen and oxygen atoms in total. The number of furan rings is 1. The Hall–Kier alpha value is -8.14. The standard InChI is InChI=1S/C59H38N2O/c1-4-21-40(22-5-1)60(41-23-6-2-7-24-41)51-34-18-33-49-55(51)44-28-12-15-31-47(44)59(49)48-32-16-13-29-45(48)56-50(59)38-39-20-10-11-27-43(39)58(56)61(42-25-8-3-9-26-42)52-35-19-37-54-57(52)46-30-14-17-36-53(46)62-54/h1-38H. The van der Waals surface area contributed by atoms with Gasteiger partial charge in [-0.25, -0.2) is 0 Å². The van der Waals surface area contributed by atoms with Crippen molar-refractivity contribution in [3.05, 3.63) is 253 Å². The number of hydrogen-bond donors (Lipinski definition) is 0. The average Bonchev–Trinajstić information content (AvgIpc) is 3.97. The quantitative estimate of drug-likeness (QED) is 0.167. The molecule has 1 heterocycles. The molecular weight excluding hydrogens is 753 g/mol. The van der Waals surface area contributed by atoms with E-state index in [0.717, 1.165) is 56.1 Å². The lowest BCUT2D eigenvalue weighted by Crippen LogP contribution is -2.26. The van der Waals surface area contributed by atoms with E-state index in [2.05, 4.69) is 240 Å². The molecule has 11 aromatic rings. The van der Waals surface area contributed by atoms with Crippen LogP contribution in [0.3, 0.4) is 0 Å². The molecule has 0 bridgehead atoms. The first-order valence-corrected chi connectivity index (χ1v) is 21.4. The summed E-state index contributed by atoms with van der Waals surface area (Å²) in [6, 6.07) is 84.0. The van der Waals surface area contributed by atoms with Crippen LogP contribution in [0, 0.1) is 0 Å². The lowest BCUT2D eigenvalue weighted by atomic mass is 9.70. The van der Waals surface area contributed by atoms with Crippen molar-refractivity contribution >= 4 is 66.8 Å². The second-order valence-corrected chi connectivity index (χ2v) is 16.3. The van der Waals surface area contributed by atoms with Gasteiger partial charge in [-0.2, -0.15) is 0 Å². The first-order chi connectivity index (χ1) is 30.8. The molecule has 0 N–H and O–H groups in total. The number of nitrogens with zero attached hydrogens (tertiary/aromatic N) is 2. The van der Waals surface area contributed by atoms with Crippen molar-refractivity contribution in [3.8, 4) is 22.3 Å². The Bertz CT molecular complexity index is 3500. The smallest absolute Gasteiger partial charge is 0.137 e. The summed E-state index contributed by atoms with van der Waals surface area (Å²) in [5.74, 6) is 0. The lowest BCUT2D eigenvalue weighted by molar-refractivity contribution is 0.669. The Kier molecular flexibility index (Phi) is 7.52. The predicted octanol–water partition coefficient (Wildman–Crippen LogP) is 16.0. The van der Waals surface area contributed by atoms with Crippen LogP contribution in [-0.2, 0) is 5.41 Å². The summed E-state index contributed by atoms with van der Waals surface area (Å²) >= 11 is 0. The summed E-state index contributed by atoms with van der Waals surface area (Å²) in [5, 5.41) is 4.57. The van der Waals surface area contributed by atoms with E-state index in [1.807, 2.05) is 0 Å². The van der Waals surface area contributed by atoms with Gasteiger partial charge in [-0.15, -0.1) is 0 Å². The van der Waals surface area contributed by atoms with Gasteiger partial charge in [0.1, 0.15) is 11.2 Å². The van der Waals surface area contributed by atoms with Crippen LogP contribution >= 0.6 is 0 Å². The molecular formula is C59H38N2O. The van der Waals surface area contributed by atoms with E-state index in [-0.39, 0.29) is 0 Å². The van der Waals surface area contributed by atoms with Crippen LogP contribution in [-0.4, -0.2) is 0 Å². The highest BCUT2D eigenvalue weighted by Gasteiger charge is 2.53. The third-order valence-electron chi connectivity index (χ3n) is 13.2. The molecule has 62 heavy (non-hydrogen) atoms. The molecule has 3 heteroatoms. The van der Waals surface area contributed by atoms with Crippen molar-refractivity contribution in [1.82, 2.24) is 0 Å². The van der Waals surface area contributed by atoms with Crippen LogP contribution in [0.4, 0.5) is 34.1 Å². The Morgan fingerprint density at radius 3 is 1.53 bits per heavy atom. The second kappa shape index (κ2) is 13.4. The summed E-state index contributed by atoms with van der Waals surface area (Å²) in [5.41, 5.74) is 18.0. The molecule has 1 unspecified atom stereocenters. The molecule has 1 aromatic heterocycles. The molecule has 0 saturated heterocycles. The van der Waals surface area contributed by atoms with Gasteiger partial charge in [0.25, 0.3) is 0 Å². The van der Waals surface area contributed by atoms with Crippen molar-refractivity contribution < 1.29 is 4.42 Å². The molecule has 13 rings (SSSR count). The highest BCUT2D eigenvalue weighted by atomic mass is 16.3. The minimum Gasteiger partial charge on any atom is -0.456 e. The summed E-state index contributed by atoms with van der Waals surface area (Å²) in [6.45, 7) is 0. The SMILES string of the molecule is c1ccc(N(c2ccccc2)c2cccc3c2-c2ccccc2C32c3ccccc3-c3c2cc2ccccc2c3N(c2ccccc2)c2cccc3oc4ccccc4c23)cc1. The van der Waals surface area contributed by atoms with Gasteiger partial charge in [0.05, 0.1) is 27.9 Å². The first-order valence-electron chi connectivity index (χ1n) is 21.4. The fourth-order valence-corrected chi connectivity index (χ4v) is 10.9. The van der Waals surface area contributed by atoms with Gasteiger partial charge in [0.15, 0.2) is 0 Å². The molecule has 2 aliphatic rings. The Morgan fingerprint density at radius 1 is 0.339 bits per heavy atom. The van der Waals surface area contributed by atoms with Crippen LogP contribution in [0.15, 0.2) is 235 Å². The Balaban J connectivity index is 1.18. The molecule has 1 atom stereocenters. The highest BCUT2D eigenvalue weighted by Crippen LogP contribution is 2.67. The zero-order chi connectivity index (χ0) is 40.8. The van der Waals surface area contributed by atoms with Gasteiger partial charge in [-0.3, -0.25) is 0 Å². The monoisotopic (exact) mass is 790 g/mol. The second-order valence-electron chi connectivity index (χ2n) is 16.3.